The molecule has 0 bridgehead atoms. The largest absolute Gasteiger partial charge is 0.471 e. The van der Waals surface area contributed by atoms with E-state index in [1.54, 1.807) is 0 Å². The molecular weight excluding hydrogens is 455 g/mol. The molecule has 2 aromatic rings. The van der Waals surface area contributed by atoms with E-state index in [1.165, 1.54) is 38.2 Å². The number of likely N-dealkylation sites (tertiary alicyclic amines) is 1. The highest BCUT2D eigenvalue weighted by atomic mass is 19.4. The van der Waals surface area contributed by atoms with Crippen LogP contribution in [0.2, 0.25) is 0 Å². The van der Waals surface area contributed by atoms with Crippen LogP contribution in [-0.2, 0) is 17.4 Å². The first-order chi connectivity index (χ1) is 16.7. The van der Waals surface area contributed by atoms with E-state index in [0.29, 0.717) is 24.2 Å². The minimum absolute atomic E-state index is 0.0576. The number of fused-ring (bicyclic) bond motifs is 1. The Balaban J connectivity index is 1.51. The highest BCUT2D eigenvalue weighted by Crippen LogP contribution is 2.35. The molecule has 8 heteroatoms. The van der Waals surface area contributed by atoms with Gasteiger partial charge in [0.15, 0.2) is 0 Å². The third kappa shape index (κ3) is 5.96. The van der Waals surface area contributed by atoms with Crippen molar-refractivity contribution >= 4 is 17.3 Å². The Morgan fingerprint density at radius 1 is 1.11 bits per heavy atom. The number of rotatable bonds is 9. The smallest absolute Gasteiger partial charge is 0.416 e. The summed E-state index contributed by atoms with van der Waals surface area (Å²) >= 11 is 0. The zero-order chi connectivity index (χ0) is 25.2. The van der Waals surface area contributed by atoms with Gasteiger partial charge in [0.25, 0.3) is 0 Å². The van der Waals surface area contributed by atoms with Crippen molar-refractivity contribution in [2.45, 2.75) is 83.5 Å². The van der Waals surface area contributed by atoms with Crippen molar-refractivity contribution in [3.63, 3.8) is 0 Å². The maximum atomic E-state index is 13.3. The first kappa shape index (κ1) is 25.9. The molecule has 1 aromatic carbocycles. The van der Waals surface area contributed by atoms with Crippen molar-refractivity contribution < 1.29 is 22.7 Å². The lowest BCUT2D eigenvalue weighted by Gasteiger charge is -2.20. The summed E-state index contributed by atoms with van der Waals surface area (Å²) in [5.74, 6) is 1.89. The number of aromatic nitrogens is 2. The summed E-state index contributed by atoms with van der Waals surface area (Å²) in [5, 5.41) is 0. The van der Waals surface area contributed by atoms with Crippen LogP contribution in [0.1, 0.15) is 70.1 Å². The van der Waals surface area contributed by atoms with Crippen LogP contribution in [0.25, 0.3) is 11.0 Å². The molecule has 1 saturated heterocycles. The lowest BCUT2D eigenvalue weighted by Crippen LogP contribution is -2.30. The van der Waals surface area contributed by atoms with E-state index in [-0.39, 0.29) is 29.5 Å². The second-order valence-corrected chi connectivity index (χ2v) is 10.5. The normalized spacial score (nSPS) is 27.5. The number of aldehydes is 1. The molecule has 192 valence electrons. The molecule has 1 aliphatic heterocycles. The quantitative estimate of drug-likeness (QED) is 0.314. The third-order valence-corrected chi connectivity index (χ3v) is 8.06. The van der Waals surface area contributed by atoms with Gasteiger partial charge in [-0.3, -0.25) is 4.90 Å². The number of likely N-dealkylation sites (N-methyl/N-ethyl adjacent to an activating group) is 1. The number of halogens is 3. The summed E-state index contributed by atoms with van der Waals surface area (Å²) in [6.07, 6.45) is 5.30. The number of ether oxygens (including phenoxy) is 1. The fourth-order valence-corrected chi connectivity index (χ4v) is 5.74. The number of carbonyl (C=O) groups is 1. The average Bonchev–Trinajstić information content (AvgIpc) is 3.33. The molecule has 1 saturated carbocycles. The molecule has 1 aromatic heterocycles. The van der Waals surface area contributed by atoms with E-state index >= 15 is 0 Å². The molecule has 0 amide bonds. The number of carbonyl (C=O) groups excluding carboxylic acids is 1. The van der Waals surface area contributed by atoms with Gasteiger partial charge in [-0.1, -0.05) is 52.4 Å². The Morgan fingerprint density at radius 3 is 2.57 bits per heavy atom. The van der Waals surface area contributed by atoms with E-state index in [9.17, 15) is 18.0 Å². The molecule has 2 aliphatic rings. The Kier molecular flexibility index (Phi) is 7.99. The van der Waals surface area contributed by atoms with Gasteiger partial charge in [-0.05, 0) is 49.9 Å². The van der Waals surface area contributed by atoms with E-state index in [0.717, 1.165) is 43.1 Å². The number of alkyl halides is 3. The van der Waals surface area contributed by atoms with Crippen LogP contribution in [0.3, 0.4) is 0 Å². The molecule has 5 atom stereocenters. The number of benzene rings is 1. The summed E-state index contributed by atoms with van der Waals surface area (Å²) in [6.45, 7) is 4.85. The Labute approximate surface area is 205 Å². The molecule has 2 unspecified atom stereocenters. The van der Waals surface area contributed by atoms with Crippen LogP contribution in [0, 0.1) is 17.8 Å². The molecule has 2 heterocycles. The Bertz CT molecular complexity index is 1030. The van der Waals surface area contributed by atoms with Gasteiger partial charge in [0, 0.05) is 12.5 Å². The second kappa shape index (κ2) is 10.8. The number of nitrogens with zero attached hydrogens (tertiary/aromatic N) is 3. The zero-order valence-electron chi connectivity index (χ0n) is 20.9. The van der Waals surface area contributed by atoms with E-state index in [4.69, 9.17) is 4.74 Å². The number of unbranched alkanes of at least 4 members (excludes halogenated alkanes) is 2. The summed E-state index contributed by atoms with van der Waals surface area (Å²) in [4.78, 5) is 22.6. The van der Waals surface area contributed by atoms with Crippen LogP contribution in [0.5, 0.6) is 5.88 Å². The van der Waals surface area contributed by atoms with Crippen molar-refractivity contribution in [2.24, 2.45) is 17.8 Å². The minimum Gasteiger partial charge on any atom is -0.471 e. The number of hydrogen-bond donors (Lipinski definition) is 0. The van der Waals surface area contributed by atoms with Crippen LogP contribution in [0.15, 0.2) is 18.2 Å². The average molecular weight is 492 g/mol. The summed E-state index contributed by atoms with van der Waals surface area (Å²) in [5.41, 5.74) is 0.521. The number of aryl methyl sites for hydroxylation is 1. The third-order valence-electron chi connectivity index (χ3n) is 8.06. The lowest BCUT2D eigenvalue weighted by atomic mass is 9.92. The first-order valence-corrected chi connectivity index (χ1v) is 12.9. The predicted octanol–water partition coefficient (Wildman–Crippen LogP) is 6.08. The van der Waals surface area contributed by atoms with Gasteiger partial charge >= 0.3 is 6.18 Å². The Hall–Kier alpha value is -2.22. The van der Waals surface area contributed by atoms with Gasteiger partial charge in [-0.15, -0.1) is 0 Å². The summed E-state index contributed by atoms with van der Waals surface area (Å²) in [6, 6.07) is 3.20. The monoisotopic (exact) mass is 491 g/mol. The summed E-state index contributed by atoms with van der Waals surface area (Å²) in [7, 11) is 1.87. The van der Waals surface area contributed by atoms with Gasteiger partial charge in [-0.25, -0.2) is 9.97 Å². The van der Waals surface area contributed by atoms with Crippen LogP contribution in [-0.4, -0.2) is 46.9 Å². The first-order valence-electron chi connectivity index (χ1n) is 12.9. The van der Waals surface area contributed by atoms with Crippen molar-refractivity contribution in [3.05, 3.63) is 29.5 Å². The summed E-state index contributed by atoms with van der Waals surface area (Å²) < 4.78 is 46.0. The SMILES string of the molecule is CC1CCC[C@H]1CCCCCc1nc2ccc(C(F)(F)F)cc2nc1O[C@H]1CN(C)C(C=O)[C@@H]1C. The van der Waals surface area contributed by atoms with E-state index < -0.39 is 11.7 Å². The van der Waals surface area contributed by atoms with Crippen LogP contribution < -0.4 is 4.74 Å². The number of hydrogen-bond acceptors (Lipinski definition) is 5. The molecule has 5 nitrogen and oxygen atoms in total. The highest BCUT2D eigenvalue weighted by molar-refractivity contribution is 5.76. The lowest BCUT2D eigenvalue weighted by molar-refractivity contribution is -0.137. The minimum atomic E-state index is -4.45. The van der Waals surface area contributed by atoms with Gasteiger partial charge in [-0.2, -0.15) is 13.2 Å². The fraction of sp³-hybridized carbons (Fsp3) is 0.667. The van der Waals surface area contributed by atoms with Crippen LogP contribution >= 0.6 is 0 Å². The van der Waals surface area contributed by atoms with E-state index in [2.05, 4.69) is 16.9 Å². The zero-order valence-corrected chi connectivity index (χ0v) is 20.9. The second-order valence-electron chi connectivity index (χ2n) is 10.5. The fourth-order valence-electron chi connectivity index (χ4n) is 5.74. The maximum Gasteiger partial charge on any atom is 0.416 e. The van der Waals surface area contributed by atoms with Crippen molar-refractivity contribution in [1.82, 2.24) is 14.9 Å². The molecular formula is C27H36F3N3O2. The van der Waals surface area contributed by atoms with Gasteiger partial charge in [0.1, 0.15) is 18.1 Å². The molecule has 35 heavy (non-hydrogen) atoms. The molecule has 2 fully saturated rings. The van der Waals surface area contributed by atoms with Crippen molar-refractivity contribution in [1.29, 1.82) is 0 Å². The topological polar surface area (TPSA) is 55.3 Å². The Morgan fingerprint density at radius 2 is 1.91 bits per heavy atom. The standard InChI is InChI=1S/C27H36F3N3O2/c1-17-8-7-10-19(17)9-5-4-6-11-22-26(35-25-15-33(3)24(16-34)18(25)2)32-23-14-20(27(28,29)30)12-13-21(23)31-22/h12-14,16-19,24-25H,4-11,15H2,1-3H3/t17?,18-,19+,24?,25-/m0/s1. The maximum absolute atomic E-state index is 13.3. The van der Waals surface area contributed by atoms with E-state index in [1.807, 2.05) is 18.9 Å². The molecule has 1 aliphatic carbocycles. The van der Waals surface area contributed by atoms with Crippen molar-refractivity contribution in [2.75, 3.05) is 13.6 Å². The van der Waals surface area contributed by atoms with Crippen molar-refractivity contribution in [3.8, 4) is 5.88 Å². The molecule has 0 spiro atoms. The van der Waals surface area contributed by atoms with Crippen LogP contribution in [0.4, 0.5) is 13.2 Å². The molecule has 4 rings (SSSR count). The molecule has 0 N–H and O–H groups in total. The van der Waals surface area contributed by atoms with Gasteiger partial charge < -0.3 is 9.53 Å². The van der Waals surface area contributed by atoms with Gasteiger partial charge in [0.05, 0.1) is 22.6 Å². The van der Waals surface area contributed by atoms with Gasteiger partial charge in [0.2, 0.25) is 5.88 Å². The highest BCUT2D eigenvalue weighted by Gasteiger charge is 2.39. The molecule has 0 radical (unpaired) electrons. The predicted molar refractivity (Wildman–Crippen MR) is 129 cm³/mol.